The molecule has 0 bridgehead atoms. The SMILES string of the molecule is CC1(CC(=O)O)CN(Cc2cccc(Cl)c2)C(=O)O1. The number of cyclic esters (lactones) is 1. The zero-order valence-corrected chi connectivity index (χ0v) is 11.2. The Morgan fingerprint density at radius 2 is 2.32 bits per heavy atom. The van der Waals surface area contributed by atoms with Crippen molar-refractivity contribution in [3.63, 3.8) is 0 Å². The molecule has 1 amide bonds. The highest BCUT2D eigenvalue weighted by Crippen LogP contribution is 2.27. The lowest BCUT2D eigenvalue weighted by atomic mass is 10.0. The van der Waals surface area contributed by atoms with Gasteiger partial charge in [0.1, 0.15) is 5.60 Å². The summed E-state index contributed by atoms with van der Waals surface area (Å²) in [7, 11) is 0. The molecule has 1 saturated heterocycles. The van der Waals surface area contributed by atoms with Gasteiger partial charge in [0.25, 0.3) is 0 Å². The molecule has 1 unspecified atom stereocenters. The van der Waals surface area contributed by atoms with Gasteiger partial charge in [-0.2, -0.15) is 0 Å². The first-order chi connectivity index (χ1) is 8.88. The van der Waals surface area contributed by atoms with E-state index in [-0.39, 0.29) is 13.0 Å². The largest absolute Gasteiger partial charge is 0.481 e. The summed E-state index contributed by atoms with van der Waals surface area (Å²) in [5.41, 5.74) is -0.0920. The number of benzene rings is 1. The second-order valence-corrected chi connectivity index (χ2v) is 5.31. The Kier molecular flexibility index (Phi) is 3.66. The van der Waals surface area contributed by atoms with Crippen LogP contribution in [0.2, 0.25) is 5.02 Å². The lowest BCUT2D eigenvalue weighted by Crippen LogP contribution is -2.33. The number of ether oxygens (including phenoxy) is 1. The summed E-state index contributed by atoms with van der Waals surface area (Å²) in [6, 6.07) is 7.17. The van der Waals surface area contributed by atoms with Crippen molar-refractivity contribution in [1.29, 1.82) is 0 Å². The van der Waals surface area contributed by atoms with Gasteiger partial charge in [-0.15, -0.1) is 0 Å². The highest BCUT2D eigenvalue weighted by molar-refractivity contribution is 6.30. The van der Waals surface area contributed by atoms with Crippen molar-refractivity contribution in [2.45, 2.75) is 25.5 Å². The monoisotopic (exact) mass is 283 g/mol. The molecule has 1 fully saturated rings. The zero-order chi connectivity index (χ0) is 14.0. The van der Waals surface area contributed by atoms with Gasteiger partial charge in [-0.25, -0.2) is 4.79 Å². The molecule has 1 heterocycles. The average molecular weight is 284 g/mol. The molecular formula is C13H14ClNO4. The molecule has 5 nitrogen and oxygen atoms in total. The number of halogens is 1. The molecule has 1 aromatic rings. The number of hydrogen-bond donors (Lipinski definition) is 1. The van der Waals surface area contributed by atoms with Crippen LogP contribution in [0.25, 0.3) is 0 Å². The van der Waals surface area contributed by atoms with E-state index in [1.54, 1.807) is 25.1 Å². The van der Waals surface area contributed by atoms with Gasteiger partial charge >= 0.3 is 12.1 Å². The molecule has 6 heteroatoms. The number of carbonyl (C=O) groups is 2. The van der Waals surface area contributed by atoms with Crippen molar-refractivity contribution in [2.24, 2.45) is 0 Å². The Bertz CT molecular complexity index is 519. The molecule has 1 aromatic carbocycles. The smallest absolute Gasteiger partial charge is 0.410 e. The van der Waals surface area contributed by atoms with Gasteiger partial charge < -0.3 is 9.84 Å². The van der Waals surface area contributed by atoms with E-state index in [4.69, 9.17) is 21.4 Å². The zero-order valence-electron chi connectivity index (χ0n) is 10.4. The maximum Gasteiger partial charge on any atom is 0.410 e. The normalized spacial score (nSPS) is 22.4. The number of carboxylic acids is 1. The Morgan fingerprint density at radius 1 is 1.58 bits per heavy atom. The van der Waals surface area contributed by atoms with Crippen molar-refractivity contribution < 1.29 is 19.4 Å². The van der Waals surface area contributed by atoms with Gasteiger partial charge in [0.05, 0.1) is 13.0 Å². The van der Waals surface area contributed by atoms with E-state index in [1.807, 2.05) is 6.07 Å². The molecule has 19 heavy (non-hydrogen) atoms. The Labute approximate surface area is 115 Å². The summed E-state index contributed by atoms with van der Waals surface area (Å²) in [4.78, 5) is 24.0. The molecule has 0 saturated carbocycles. The molecule has 1 aliphatic heterocycles. The first kappa shape index (κ1) is 13.7. The van der Waals surface area contributed by atoms with Crippen LogP contribution in [0.15, 0.2) is 24.3 Å². The Hall–Kier alpha value is -1.75. The third-order valence-electron chi connectivity index (χ3n) is 2.90. The molecule has 1 aliphatic rings. The summed E-state index contributed by atoms with van der Waals surface area (Å²) in [5.74, 6) is -0.986. The summed E-state index contributed by atoms with van der Waals surface area (Å²) in [5, 5.41) is 9.41. The van der Waals surface area contributed by atoms with Crippen LogP contribution >= 0.6 is 11.6 Å². The second kappa shape index (κ2) is 5.09. The minimum Gasteiger partial charge on any atom is -0.481 e. The molecule has 0 aromatic heterocycles. The first-order valence-electron chi connectivity index (χ1n) is 5.82. The van der Waals surface area contributed by atoms with Crippen LogP contribution in [0.4, 0.5) is 4.79 Å². The molecule has 102 valence electrons. The maximum atomic E-state index is 11.7. The topological polar surface area (TPSA) is 66.8 Å². The predicted octanol–water partition coefficient (Wildman–Crippen LogP) is 2.53. The Morgan fingerprint density at radius 3 is 2.95 bits per heavy atom. The van der Waals surface area contributed by atoms with Gasteiger partial charge in [-0.1, -0.05) is 23.7 Å². The van der Waals surface area contributed by atoms with E-state index in [9.17, 15) is 9.59 Å². The van der Waals surface area contributed by atoms with E-state index in [0.717, 1.165) is 5.56 Å². The first-order valence-corrected chi connectivity index (χ1v) is 6.20. The fourth-order valence-corrected chi connectivity index (χ4v) is 2.38. The maximum absolute atomic E-state index is 11.7. The summed E-state index contributed by atoms with van der Waals surface area (Å²) in [6.07, 6.45) is -0.700. The third kappa shape index (κ3) is 3.38. The minimum absolute atomic E-state index is 0.204. The summed E-state index contributed by atoms with van der Waals surface area (Å²) in [6.45, 7) is 2.23. The van der Waals surface area contributed by atoms with Gasteiger partial charge in [0.2, 0.25) is 0 Å². The molecule has 1 N–H and O–H groups in total. The highest BCUT2D eigenvalue weighted by atomic mass is 35.5. The van der Waals surface area contributed by atoms with Crippen molar-refractivity contribution in [2.75, 3.05) is 6.54 Å². The quantitative estimate of drug-likeness (QED) is 0.922. The number of hydrogen-bond acceptors (Lipinski definition) is 3. The fraction of sp³-hybridized carbons (Fsp3) is 0.385. The number of aliphatic carboxylic acids is 1. The summed E-state index contributed by atoms with van der Waals surface area (Å²) < 4.78 is 5.15. The lowest BCUT2D eigenvalue weighted by Gasteiger charge is -2.19. The van der Waals surface area contributed by atoms with Gasteiger partial charge in [0.15, 0.2) is 0 Å². The minimum atomic E-state index is -0.986. The van der Waals surface area contributed by atoms with Crippen LogP contribution in [0.3, 0.4) is 0 Å². The highest BCUT2D eigenvalue weighted by Gasteiger charge is 2.42. The Balaban J connectivity index is 2.06. The van der Waals surface area contributed by atoms with E-state index in [1.165, 1.54) is 4.90 Å². The van der Waals surface area contributed by atoms with E-state index >= 15 is 0 Å². The van der Waals surface area contributed by atoms with E-state index in [2.05, 4.69) is 0 Å². The van der Waals surface area contributed by atoms with E-state index < -0.39 is 17.7 Å². The lowest BCUT2D eigenvalue weighted by molar-refractivity contribution is -0.140. The van der Waals surface area contributed by atoms with Gasteiger partial charge in [0, 0.05) is 11.6 Å². The molecule has 0 radical (unpaired) electrons. The number of carboxylic acid groups (broad SMARTS) is 1. The van der Waals surface area contributed by atoms with Crippen molar-refractivity contribution in [1.82, 2.24) is 4.90 Å². The van der Waals surface area contributed by atoms with Crippen LogP contribution in [-0.4, -0.2) is 34.2 Å². The second-order valence-electron chi connectivity index (χ2n) is 4.87. The van der Waals surface area contributed by atoms with Gasteiger partial charge in [-0.05, 0) is 24.6 Å². The molecule has 0 spiro atoms. The number of carbonyl (C=O) groups excluding carboxylic acids is 1. The van der Waals surface area contributed by atoms with Crippen LogP contribution in [0.5, 0.6) is 0 Å². The molecular weight excluding hydrogens is 270 g/mol. The third-order valence-corrected chi connectivity index (χ3v) is 3.14. The van der Waals surface area contributed by atoms with E-state index in [0.29, 0.717) is 11.6 Å². The van der Waals surface area contributed by atoms with Crippen molar-refractivity contribution in [3.05, 3.63) is 34.9 Å². The fourth-order valence-electron chi connectivity index (χ4n) is 2.16. The average Bonchev–Trinajstić information content (AvgIpc) is 2.52. The van der Waals surface area contributed by atoms with Crippen molar-refractivity contribution in [3.8, 4) is 0 Å². The van der Waals surface area contributed by atoms with Crippen LogP contribution < -0.4 is 0 Å². The standard InChI is InChI=1S/C13H14ClNO4/c1-13(6-11(16)17)8-15(12(18)19-13)7-9-3-2-4-10(14)5-9/h2-5H,6-8H2,1H3,(H,16,17). The van der Waals surface area contributed by atoms with Crippen LogP contribution in [0, 0.1) is 0 Å². The number of rotatable bonds is 4. The molecule has 2 rings (SSSR count). The van der Waals surface area contributed by atoms with Crippen LogP contribution in [0.1, 0.15) is 18.9 Å². The molecule has 1 atom stereocenters. The van der Waals surface area contributed by atoms with Crippen LogP contribution in [-0.2, 0) is 16.1 Å². The van der Waals surface area contributed by atoms with Gasteiger partial charge in [-0.3, -0.25) is 9.69 Å². The van der Waals surface area contributed by atoms with Crippen molar-refractivity contribution >= 4 is 23.7 Å². The number of amides is 1. The summed E-state index contributed by atoms with van der Waals surface area (Å²) >= 11 is 5.88. The molecule has 0 aliphatic carbocycles. The predicted molar refractivity (Wildman–Crippen MR) is 69.0 cm³/mol. The number of nitrogens with zero attached hydrogens (tertiary/aromatic N) is 1.